The molecule has 0 atom stereocenters. The van der Waals surface area contributed by atoms with Crippen LogP contribution in [-0.4, -0.2) is 38.2 Å². The van der Waals surface area contributed by atoms with E-state index < -0.39 is 0 Å². The number of amides is 1. The topological polar surface area (TPSA) is 94.8 Å². The number of rotatable bonds is 7. The van der Waals surface area contributed by atoms with Crippen molar-refractivity contribution in [1.82, 2.24) is 30.5 Å². The lowest BCUT2D eigenvalue weighted by molar-refractivity contribution is 0.0951. The molecule has 0 saturated carbocycles. The second-order valence-electron chi connectivity index (χ2n) is 8.12. The van der Waals surface area contributed by atoms with Crippen LogP contribution in [0.3, 0.4) is 0 Å². The minimum Gasteiger partial charge on any atom is -0.497 e. The first-order chi connectivity index (χ1) is 15.9. The van der Waals surface area contributed by atoms with Crippen LogP contribution in [-0.2, 0) is 6.54 Å². The standard InChI is InChI=1S/C25H26N6O2/c1-16(2)24-28-29-30-31(24)21-12-19(23-10-5-17(3)14-26-23)11-20(13-21)25(32)27-15-18-6-8-22(33-4)9-7-18/h5-14,16H,15H2,1-4H3,(H,27,32). The monoisotopic (exact) mass is 442 g/mol. The van der Waals surface area contributed by atoms with Gasteiger partial charge >= 0.3 is 0 Å². The van der Waals surface area contributed by atoms with Crippen molar-refractivity contribution in [3.05, 3.63) is 83.3 Å². The summed E-state index contributed by atoms with van der Waals surface area (Å²) in [7, 11) is 1.62. The van der Waals surface area contributed by atoms with E-state index in [1.165, 1.54) is 0 Å². The Labute approximate surface area is 192 Å². The first-order valence-electron chi connectivity index (χ1n) is 10.7. The third-order valence-corrected chi connectivity index (χ3v) is 5.25. The van der Waals surface area contributed by atoms with Gasteiger partial charge in [-0.15, -0.1) is 5.10 Å². The summed E-state index contributed by atoms with van der Waals surface area (Å²) >= 11 is 0. The number of aryl methyl sites for hydroxylation is 1. The molecular formula is C25H26N6O2. The number of nitrogens with zero attached hydrogens (tertiary/aromatic N) is 5. The molecular weight excluding hydrogens is 416 g/mol. The van der Waals surface area contributed by atoms with Crippen LogP contribution >= 0.6 is 0 Å². The van der Waals surface area contributed by atoms with Crippen LogP contribution in [0.15, 0.2) is 60.8 Å². The van der Waals surface area contributed by atoms with Crippen molar-refractivity contribution in [2.75, 3.05) is 7.11 Å². The number of aromatic nitrogens is 5. The maximum Gasteiger partial charge on any atom is 0.251 e. The smallest absolute Gasteiger partial charge is 0.251 e. The quantitative estimate of drug-likeness (QED) is 0.463. The molecule has 2 aromatic carbocycles. The van der Waals surface area contributed by atoms with E-state index in [1.54, 1.807) is 17.9 Å². The number of hydrogen-bond acceptors (Lipinski definition) is 6. The molecule has 2 aromatic heterocycles. The zero-order valence-electron chi connectivity index (χ0n) is 19.1. The number of nitrogens with one attached hydrogen (secondary N) is 1. The van der Waals surface area contributed by atoms with E-state index in [0.717, 1.165) is 28.1 Å². The predicted octanol–water partition coefficient (Wildman–Crippen LogP) is 4.09. The van der Waals surface area contributed by atoms with Gasteiger partial charge in [-0.3, -0.25) is 9.78 Å². The van der Waals surface area contributed by atoms with Gasteiger partial charge in [-0.05, 0) is 64.9 Å². The molecule has 4 rings (SSSR count). The Morgan fingerprint density at radius 2 is 1.88 bits per heavy atom. The lowest BCUT2D eigenvalue weighted by Crippen LogP contribution is -2.23. The van der Waals surface area contributed by atoms with E-state index in [4.69, 9.17) is 4.74 Å². The molecule has 0 spiro atoms. The van der Waals surface area contributed by atoms with Crippen LogP contribution in [0.2, 0.25) is 0 Å². The van der Waals surface area contributed by atoms with E-state index in [-0.39, 0.29) is 11.8 Å². The summed E-state index contributed by atoms with van der Waals surface area (Å²) in [5, 5.41) is 15.1. The Hall–Kier alpha value is -4.07. The van der Waals surface area contributed by atoms with Crippen molar-refractivity contribution < 1.29 is 9.53 Å². The van der Waals surface area contributed by atoms with Gasteiger partial charge in [-0.25, -0.2) is 0 Å². The summed E-state index contributed by atoms with van der Waals surface area (Å²) in [6.07, 6.45) is 1.81. The molecule has 1 amide bonds. The number of benzene rings is 2. The second-order valence-corrected chi connectivity index (χ2v) is 8.12. The Kier molecular flexibility index (Phi) is 6.44. The van der Waals surface area contributed by atoms with Crippen LogP contribution in [0.4, 0.5) is 0 Å². The van der Waals surface area contributed by atoms with Crippen molar-refractivity contribution in [2.45, 2.75) is 33.2 Å². The fourth-order valence-electron chi connectivity index (χ4n) is 3.42. The van der Waals surface area contributed by atoms with Gasteiger partial charge in [0.05, 0.1) is 18.5 Å². The fourth-order valence-corrected chi connectivity index (χ4v) is 3.42. The predicted molar refractivity (Wildman–Crippen MR) is 125 cm³/mol. The zero-order valence-corrected chi connectivity index (χ0v) is 19.1. The number of tetrazole rings is 1. The second kappa shape index (κ2) is 9.60. The third-order valence-electron chi connectivity index (χ3n) is 5.25. The highest BCUT2D eigenvalue weighted by atomic mass is 16.5. The van der Waals surface area contributed by atoms with E-state index >= 15 is 0 Å². The van der Waals surface area contributed by atoms with E-state index in [0.29, 0.717) is 23.6 Å². The van der Waals surface area contributed by atoms with Gasteiger partial charge in [0.2, 0.25) is 0 Å². The number of ether oxygens (including phenoxy) is 1. The van der Waals surface area contributed by atoms with Crippen LogP contribution in [0.1, 0.15) is 47.1 Å². The summed E-state index contributed by atoms with van der Waals surface area (Å²) in [5.41, 5.74) is 4.83. The molecule has 0 aliphatic heterocycles. The molecule has 1 N–H and O–H groups in total. The zero-order chi connectivity index (χ0) is 23.4. The average molecular weight is 443 g/mol. The minimum atomic E-state index is -0.194. The summed E-state index contributed by atoms with van der Waals surface area (Å²) < 4.78 is 6.86. The lowest BCUT2D eigenvalue weighted by atomic mass is 10.0. The molecule has 33 heavy (non-hydrogen) atoms. The van der Waals surface area contributed by atoms with Crippen molar-refractivity contribution in [3.63, 3.8) is 0 Å². The van der Waals surface area contributed by atoms with Gasteiger partial charge in [0.25, 0.3) is 5.91 Å². The summed E-state index contributed by atoms with van der Waals surface area (Å²) in [5.74, 6) is 1.41. The molecule has 8 nitrogen and oxygen atoms in total. The largest absolute Gasteiger partial charge is 0.497 e. The maximum atomic E-state index is 13.1. The SMILES string of the molecule is COc1ccc(CNC(=O)c2cc(-c3ccc(C)cn3)cc(-n3nnnc3C(C)C)c2)cc1. The molecule has 0 bridgehead atoms. The van der Waals surface area contributed by atoms with Crippen molar-refractivity contribution >= 4 is 5.91 Å². The molecule has 0 saturated heterocycles. The van der Waals surface area contributed by atoms with Gasteiger partial charge in [0, 0.05) is 29.8 Å². The lowest BCUT2D eigenvalue weighted by Gasteiger charge is -2.12. The molecule has 8 heteroatoms. The van der Waals surface area contributed by atoms with E-state index in [1.807, 2.05) is 75.5 Å². The van der Waals surface area contributed by atoms with E-state index in [2.05, 4.69) is 25.8 Å². The van der Waals surface area contributed by atoms with Crippen LogP contribution in [0, 0.1) is 6.92 Å². The molecule has 0 aliphatic carbocycles. The van der Waals surface area contributed by atoms with Crippen LogP contribution in [0.25, 0.3) is 16.9 Å². The van der Waals surface area contributed by atoms with Gasteiger partial charge < -0.3 is 10.1 Å². The van der Waals surface area contributed by atoms with Gasteiger partial charge in [0.15, 0.2) is 5.82 Å². The Morgan fingerprint density at radius 3 is 2.55 bits per heavy atom. The van der Waals surface area contributed by atoms with Crippen LogP contribution < -0.4 is 10.1 Å². The number of carbonyl (C=O) groups excluding carboxylic acids is 1. The molecule has 168 valence electrons. The first kappa shape index (κ1) is 22.1. The van der Waals surface area contributed by atoms with Gasteiger partial charge in [-0.2, -0.15) is 4.68 Å². The van der Waals surface area contributed by atoms with E-state index in [9.17, 15) is 4.79 Å². The molecule has 0 aliphatic rings. The summed E-state index contributed by atoms with van der Waals surface area (Å²) in [4.78, 5) is 17.6. The molecule has 2 heterocycles. The molecule has 4 aromatic rings. The Bertz CT molecular complexity index is 1250. The molecule has 0 unspecified atom stereocenters. The number of methoxy groups -OCH3 is 1. The van der Waals surface area contributed by atoms with Crippen molar-refractivity contribution in [2.24, 2.45) is 0 Å². The van der Waals surface area contributed by atoms with Gasteiger partial charge in [0.1, 0.15) is 5.75 Å². The van der Waals surface area contributed by atoms with Crippen molar-refractivity contribution in [1.29, 1.82) is 0 Å². The maximum absolute atomic E-state index is 13.1. The van der Waals surface area contributed by atoms with Gasteiger partial charge in [-0.1, -0.05) is 32.0 Å². The minimum absolute atomic E-state index is 0.119. The van der Waals surface area contributed by atoms with Crippen LogP contribution in [0.5, 0.6) is 5.75 Å². The number of pyridine rings is 1. The summed E-state index contributed by atoms with van der Waals surface area (Å²) in [6.45, 7) is 6.43. The first-order valence-corrected chi connectivity index (χ1v) is 10.7. The average Bonchev–Trinajstić information content (AvgIpc) is 3.33. The number of hydrogen-bond donors (Lipinski definition) is 1. The highest BCUT2D eigenvalue weighted by Gasteiger charge is 2.16. The third kappa shape index (κ3) is 5.06. The number of carbonyl (C=O) groups is 1. The molecule has 0 radical (unpaired) electrons. The normalized spacial score (nSPS) is 10.9. The summed E-state index contributed by atoms with van der Waals surface area (Å²) in [6, 6.07) is 17.1. The van der Waals surface area contributed by atoms with Crippen molar-refractivity contribution in [3.8, 4) is 22.7 Å². The highest BCUT2D eigenvalue weighted by Crippen LogP contribution is 2.25. The Morgan fingerprint density at radius 1 is 1.09 bits per heavy atom. The Balaban J connectivity index is 1.68. The highest BCUT2D eigenvalue weighted by molar-refractivity contribution is 5.96. The fraction of sp³-hybridized carbons (Fsp3) is 0.240. The molecule has 0 fully saturated rings.